The molecule has 8 nitrogen and oxygen atoms in total. The van der Waals surface area contributed by atoms with Gasteiger partial charge in [0.05, 0.1) is 26.0 Å². The molecule has 3 aromatic rings. The number of methoxy groups -OCH3 is 1. The fourth-order valence-corrected chi connectivity index (χ4v) is 2.87. The summed E-state index contributed by atoms with van der Waals surface area (Å²) >= 11 is 12.3. The number of halogens is 2. The molecule has 3 rings (SSSR count). The van der Waals surface area contributed by atoms with Crippen LogP contribution in [0.3, 0.4) is 0 Å². The van der Waals surface area contributed by atoms with E-state index < -0.39 is 6.16 Å². The number of aryl methyl sites for hydroxylation is 1. The zero-order chi connectivity index (χ0) is 19.6. The van der Waals surface area contributed by atoms with E-state index >= 15 is 0 Å². The summed E-state index contributed by atoms with van der Waals surface area (Å²) in [6, 6.07) is 5.01. The number of imidazole rings is 1. The summed E-state index contributed by atoms with van der Waals surface area (Å²) in [6.45, 7) is 1.79. The van der Waals surface area contributed by atoms with E-state index in [1.54, 1.807) is 29.7 Å². The van der Waals surface area contributed by atoms with E-state index in [1.807, 2.05) is 0 Å². The summed E-state index contributed by atoms with van der Waals surface area (Å²) < 4.78 is 11.6. The van der Waals surface area contributed by atoms with Gasteiger partial charge >= 0.3 is 6.16 Å². The third kappa shape index (κ3) is 4.12. The summed E-state index contributed by atoms with van der Waals surface area (Å²) in [6.07, 6.45) is 1.48. The topological polar surface area (TPSA) is 99.4 Å². The smallest absolute Gasteiger partial charge is 0.480 e. The van der Waals surface area contributed by atoms with Crippen LogP contribution in [0.2, 0.25) is 10.0 Å². The standard InChI is InChI=1S/C17H14Cl2N4O4/c1-9-16(27-17(24)25)23(8-10-5-11(18)3-4-12(10)19)15(21-9)13-6-20-7-14(22-13)26-2/h3-7H,8H2,1-2H3,(H,24,25). The molecular weight excluding hydrogens is 395 g/mol. The van der Waals surface area contributed by atoms with Gasteiger partial charge in [0.1, 0.15) is 11.4 Å². The number of rotatable bonds is 5. The summed E-state index contributed by atoms with van der Waals surface area (Å²) in [7, 11) is 1.47. The Kier molecular flexibility index (Phi) is 5.48. The molecule has 1 aromatic carbocycles. The van der Waals surface area contributed by atoms with Gasteiger partial charge in [-0.1, -0.05) is 23.2 Å². The van der Waals surface area contributed by atoms with Gasteiger partial charge in [0, 0.05) is 10.0 Å². The number of carboxylic acid groups (broad SMARTS) is 1. The maximum Gasteiger partial charge on any atom is 0.512 e. The van der Waals surface area contributed by atoms with Crippen LogP contribution in [0.15, 0.2) is 30.6 Å². The van der Waals surface area contributed by atoms with Crippen LogP contribution < -0.4 is 9.47 Å². The lowest BCUT2D eigenvalue weighted by Gasteiger charge is -2.12. The van der Waals surface area contributed by atoms with Crippen LogP contribution in [0.25, 0.3) is 11.5 Å². The number of hydrogen-bond donors (Lipinski definition) is 1. The molecule has 0 amide bonds. The predicted octanol–water partition coefficient (Wildman–Crippen LogP) is 4.07. The highest BCUT2D eigenvalue weighted by atomic mass is 35.5. The Bertz CT molecular complexity index is 1010. The van der Waals surface area contributed by atoms with Crippen molar-refractivity contribution < 1.29 is 19.4 Å². The van der Waals surface area contributed by atoms with Crippen molar-refractivity contribution in [3.05, 3.63) is 51.9 Å². The van der Waals surface area contributed by atoms with E-state index in [9.17, 15) is 4.79 Å². The van der Waals surface area contributed by atoms with Crippen LogP contribution in [-0.4, -0.2) is 37.9 Å². The number of aromatic nitrogens is 4. The van der Waals surface area contributed by atoms with E-state index in [0.717, 1.165) is 0 Å². The van der Waals surface area contributed by atoms with Crippen molar-refractivity contribution >= 4 is 29.4 Å². The van der Waals surface area contributed by atoms with Gasteiger partial charge in [-0.05, 0) is 30.7 Å². The SMILES string of the molecule is COc1cncc(-c2nc(C)c(OC(=O)O)n2Cc2cc(Cl)ccc2Cl)n1. The van der Waals surface area contributed by atoms with E-state index in [2.05, 4.69) is 15.0 Å². The molecule has 0 unspecified atom stereocenters. The first kappa shape index (κ1) is 18.9. The lowest BCUT2D eigenvalue weighted by molar-refractivity contribution is 0.140. The first-order valence-electron chi connectivity index (χ1n) is 7.67. The average Bonchev–Trinajstić information content (AvgIpc) is 2.94. The van der Waals surface area contributed by atoms with Crippen molar-refractivity contribution in [1.29, 1.82) is 0 Å². The maximum absolute atomic E-state index is 11.1. The molecule has 27 heavy (non-hydrogen) atoms. The minimum atomic E-state index is -1.46. The van der Waals surface area contributed by atoms with Crippen LogP contribution in [0.5, 0.6) is 11.8 Å². The largest absolute Gasteiger partial charge is 0.512 e. The van der Waals surface area contributed by atoms with Crippen molar-refractivity contribution in [3.63, 3.8) is 0 Å². The molecule has 0 aliphatic rings. The Morgan fingerprint density at radius 3 is 2.74 bits per heavy atom. The van der Waals surface area contributed by atoms with Gasteiger partial charge < -0.3 is 14.6 Å². The van der Waals surface area contributed by atoms with E-state index in [1.165, 1.54) is 19.5 Å². The fraction of sp³-hybridized carbons (Fsp3) is 0.176. The van der Waals surface area contributed by atoms with Gasteiger partial charge in [-0.25, -0.2) is 14.8 Å². The quantitative estimate of drug-likeness (QED) is 0.634. The Hall–Kier alpha value is -2.84. The maximum atomic E-state index is 11.1. The molecule has 0 fully saturated rings. The lowest BCUT2D eigenvalue weighted by atomic mass is 10.2. The highest BCUT2D eigenvalue weighted by Gasteiger charge is 2.22. The van der Waals surface area contributed by atoms with Gasteiger partial charge in [-0.15, -0.1) is 0 Å². The molecule has 2 heterocycles. The van der Waals surface area contributed by atoms with Crippen LogP contribution in [0.4, 0.5) is 4.79 Å². The van der Waals surface area contributed by atoms with Crippen molar-refractivity contribution in [3.8, 4) is 23.3 Å². The van der Waals surface area contributed by atoms with Crippen molar-refractivity contribution in [2.45, 2.75) is 13.5 Å². The molecule has 140 valence electrons. The Balaban J connectivity index is 2.16. The van der Waals surface area contributed by atoms with E-state index in [0.29, 0.717) is 38.7 Å². The number of carbonyl (C=O) groups is 1. The molecule has 0 atom stereocenters. The van der Waals surface area contributed by atoms with Crippen molar-refractivity contribution in [2.24, 2.45) is 0 Å². The second-order valence-corrected chi connectivity index (χ2v) is 6.31. The predicted molar refractivity (Wildman–Crippen MR) is 98.8 cm³/mol. The molecule has 10 heteroatoms. The zero-order valence-electron chi connectivity index (χ0n) is 14.3. The van der Waals surface area contributed by atoms with Crippen LogP contribution in [0.1, 0.15) is 11.3 Å². The Morgan fingerprint density at radius 1 is 1.26 bits per heavy atom. The van der Waals surface area contributed by atoms with Gasteiger partial charge in [-0.2, -0.15) is 0 Å². The van der Waals surface area contributed by atoms with Gasteiger partial charge in [0.15, 0.2) is 5.82 Å². The summed E-state index contributed by atoms with van der Waals surface area (Å²) in [5.74, 6) is 0.700. The molecule has 0 bridgehead atoms. The molecule has 1 N–H and O–H groups in total. The molecule has 2 aromatic heterocycles. The highest BCUT2D eigenvalue weighted by molar-refractivity contribution is 6.33. The highest BCUT2D eigenvalue weighted by Crippen LogP contribution is 2.30. The minimum absolute atomic E-state index is 0.0539. The van der Waals surface area contributed by atoms with E-state index in [-0.39, 0.29) is 12.4 Å². The fourth-order valence-electron chi connectivity index (χ4n) is 2.50. The summed E-state index contributed by atoms with van der Waals surface area (Å²) in [5, 5.41) is 10.0. The number of benzene rings is 1. The minimum Gasteiger partial charge on any atom is -0.480 e. The summed E-state index contributed by atoms with van der Waals surface area (Å²) in [5.41, 5.74) is 1.42. The number of ether oxygens (including phenoxy) is 2. The third-order valence-corrected chi connectivity index (χ3v) is 4.26. The average molecular weight is 409 g/mol. The first-order chi connectivity index (χ1) is 12.9. The first-order valence-corrected chi connectivity index (χ1v) is 8.43. The molecule has 0 radical (unpaired) electrons. The molecule has 0 aliphatic carbocycles. The molecule has 0 spiro atoms. The van der Waals surface area contributed by atoms with Crippen molar-refractivity contribution in [2.75, 3.05) is 7.11 Å². The summed E-state index contributed by atoms with van der Waals surface area (Å²) in [4.78, 5) is 23.9. The number of hydrogen-bond acceptors (Lipinski definition) is 6. The molecular formula is C17H14Cl2N4O4. The van der Waals surface area contributed by atoms with Crippen LogP contribution in [-0.2, 0) is 6.54 Å². The van der Waals surface area contributed by atoms with Gasteiger partial charge in [0.25, 0.3) is 0 Å². The molecule has 0 saturated carbocycles. The molecule has 0 aliphatic heterocycles. The third-order valence-electron chi connectivity index (χ3n) is 3.65. The lowest BCUT2D eigenvalue weighted by Crippen LogP contribution is -2.11. The van der Waals surface area contributed by atoms with Gasteiger partial charge in [0.2, 0.25) is 11.8 Å². The monoisotopic (exact) mass is 408 g/mol. The van der Waals surface area contributed by atoms with Crippen LogP contribution >= 0.6 is 23.2 Å². The normalized spacial score (nSPS) is 10.7. The Morgan fingerprint density at radius 2 is 2.04 bits per heavy atom. The number of nitrogens with zero attached hydrogens (tertiary/aromatic N) is 4. The van der Waals surface area contributed by atoms with E-state index in [4.69, 9.17) is 37.8 Å². The van der Waals surface area contributed by atoms with Crippen molar-refractivity contribution in [1.82, 2.24) is 19.5 Å². The van der Waals surface area contributed by atoms with Crippen LogP contribution in [0, 0.1) is 6.92 Å². The second-order valence-electron chi connectivity index (χ2n) is 5.46. The van der Waals surface area contributed by atoms with Gasteiger partial charge in [-0.3, -0.25) is 9.55 Å². The molecule has 0 saturated heterocycles. The Labute approximate surface area is 164 Å². The second kappa shape index (κ2) is 7.81. The zero-order valence-corrected chi connectivity index (χ0v) is 15.8.